The van der Waals surface area contributed by atoms with E-state index in [4.69, 9.17) is 9.47 Å². The van der Waals surface area contributed by atoms with Crippen LogP contribution in [0.1, 0.15) is 19.4 Å². The van der Waals surface area contributed by atoms with Gasteiger partial charge in [-0.3, -0.25) is 9.78 Å². The van der Waals surface area contributed by atoms with E-state index in [-0.39, 0.29) is 5.57 Å². The topological polar surface area (TPSA) is 84.2 Å². The second-order valence-electron chi connectivity index (χ2n) is 7.11. The molecule has 1 heterocycles. The number of benzene rings is 2. The van der Waals surface area contributed by atoms with Crippen molar-refractivity contribution in [1.82, 2.24) is 4.98 Å². The van der Waals surface area contributed by atoms with Crippen LogP contribution < -0.4 is 14.8 Å². The summed E-state index contributed by atoms with van der Waals surface area (Å²) in [4.78, 5) is 17.0. The van der Waals surface area contributed by atoms with Crippen LogP contribution in [0.4, 0.5) is 5.69 Å². The number of aromatic nitrogens is 1. The highest BCUT2D eigenvalue weighted by Gasteiger charge is 2.13. The molecule has 0 unspecified atom stereocenters. The van der Waals surface area contributed by atoms with Crippen molar-refractivity contribution in [3.8, 4) is 17.6 Å². The van der Waals surface area contributed by atoms with Crippen LogP contribution in [-0.4, -0.2) is 24.6 Å². The summed E-state index contributed by atoms with van der Waals surface area (Å²) in [6, 6.07) is 16.4. The first-order valence-corrected chi connectivity index (χ1v) is 9.59. The fourth-order valence-electron chi connectivity index (χ4n) is 2.87. The molecule has 0 saturated heterocycles. The number of rotatable bonds is 7. The molecule has 1 aromatic heterocycles. The zero-order chi connectivity index (χ0) is 21.5. The van der Waals surface area contributed by atoms with Crippen LogP contribution >= 0.6 is 0 Å². The summed E-state index contributed by atoms with van der Waals surface area (Å²) in [5, 5.41) is 13.1. The predicted molar refractivity (Wildman–Crippen MR) is 117 cm³/mol. The number of anilines is 1. The molecule has 0 aliphatic heterocycles. The predicted octanol–water partition coefficient (Wildman–Crippen LogP) is 4.82. The van der Waals surface area contributed by atoms with E-state index < -0.39 is 5.91 Å². The highest BCUT2D eigenvalue weighted by molar-refractivity contribution is 6.12. The molecule has 1 amide bonds. The average Bonchev–Trinajstić information content (AvgIpc) is 2.76. The Morgan fingerprint density at radius 2 is 2.03 bits per heavy atom. The number of methoxy groups -OCH3 is 1. The van der Waals surface area contributed by atoms with E-state index in [2.05, 4.69) is 24.1 Å². The summed E-state index contributed by atoms with van der Waals surface area (Å²) < 4.78 is 11.1. The highest BCUT2D eigenvalue weighted by atomic mass is 16.5. The van der Waals surface area contributed by atoms with Crippen molar-refractivity contribution in [2.24, 2.45) is 5.92 Å². The molecule has 0 saturated carbocycles. The lowest BCUT2D eigenvalue weighted by Gasteiger charge is -2.13. The lowest BCUT2D eigenvalue weighted by Crippen LogP contribution is -2.13. The number of fused-ring (bicyclic) bond motifs is 1. The number of carbonyl (C=O) groups excluding carboxylic acids is 1. The van der Waals surface area contributed by atoms with E-state index in [0.29, 0.717) is 35.3 Å². The van der Waals surface area contributed by atoms with E-state index in [0.717, 1.165) is 10.9 Å². The van der Waals surface area contributed by atoms with Gasteiger partial charge in [0.1, 0.15) is 11.6 Å². The van der Waals surface area contributed by atoms with Crippen molar-refractivity contribution >= 4 is 28.6 Å². The van der Waals surface area contributed by atoms with Gasteiger partial charge in [0.25, 0.3) is 5.91 Å². The minimum Gasteiger partial charge on any atom is -0.493 e. The molecule has 6 nitrogen and oxygen atoms in total. The average molecular weight is 401 g/mol. The third-order valence-electron chi connectivity index (χ3n) is 4.33. The maximum absolute atomic E-state index is 12.7. The Morgan fingerprint density at radius 1 is 1.20 bits per heavy atom. The largest absolute Gasteiger partial charge is 0.493 e. The summed E-state index contributed by atoms with van der Waals surface area (Å²) in [6.07, 6.45) is 3.21. The lowest BCUT2D eigenvalue weighted by atomic mass is 10.1. The lowest BCUT2D eigenvalue weighted by molar-refractivity contribution is -0.112. The molecule has 2 aromatic carbocycles. The highest BCUT2D eigenvalue weighted by Crippen LogP contribution is 2.29. The SMILES string of the molecule is COc1cc(C=C(C#N)C(=O)Nc2cccc3ncccc23)ccc1OCC(C)C. The van der Waals surface area contributed by atoms with Gasteiger partial charge in [0.2, 0.25) is 0 Å². The zero-order valence-corrected chi connectivity index (χ0v) is 17.2. The quantitative estimate of drug-likeness (QED) is 0.453. The summed E-state index contributed by atoms with van der Waals surface area (Å²) in [5.41, 5.74) is 2.00. The molecular formula is C24H23N3O3. The second-order valence-corrected chi connectivity index (χ2v) is 7.11. The third kappa shape index (κ3) is 4.95. The fraction of sp³-hybridized carbons (Fsp3) is 0.208. The molecule has 1 N–H and O–H groups in total. The number of ether oxygens (including phenoxy) is 2. The smallest absolute Gasteiger partial charge is 0.266 e. The van der Waals surface area contributed by atoms with Gasteiger partial charge in [0.15, 0.2) is 11.5 Å². The van der Waals surface area contributed by atoms with E-state index in [9.17, 15) is 10.1 Å². The standard InChI is InChI=1S/C24H23N3O3/c1-16(2)15-30-22-10-9-17(13-23(22)29-3)12-18(14-25)24(28)27-21-8-4-7-20-19(21)6-5-11-26-20/h4-13,16H,15H2,1-3H3,(H,27,28). The molecule has 3 aromatic rings. The van der Waals surface area contributed by atoms with Crippen molar-refractivity contribution in [2.45, 2.75) is 13.8 Å². The second kappa shape index (κ2) is 9.57. The first kappa shape index (κ1) is 20.9. The van der Waals surface area contributed by atoms with Gasteiger partial charge >= 0.3 is 0 Å². The Labute approximate surface area is 175 Å². The van der Waals surface area contributed by atoms with Crippen molar-refractivity contribution in [3.63, 3.8) is 0 Å². The molecule has 6 heteroatoms. The van der Waals surface area contributed by atoms with Crippen LogP contribution in [0.5, 0.6) is 11.5 Å². The number of nitrogens with one attached hydrogen (secondary N) is 1. The molecule has 152 valence electrons. The number of amides is 1. The van der Waals surface area contributed by atoms with Crippen LogP contribution in [0, 0.1) is 17.2 Å². The first-order valence-electron chi connectivity index (χ1n) is 9.59. The Bertz CT molecular complexity index is 1120. The van der Waals surface area contributed by atoms with E-state index in [1.807, 2.05) is 24.3 Å². The van der Waals surface area contributed by atoms with Gasteiger partial charge in [-0.1, -0.05) is 26.0 Å². The van der Waals surface area contributed by atoms with E-state index >= 15 is 0 Å². The molecule has 0 atom stereocenters. The maximum Gasteiger partial charge on any atom is 0.266 e. The zero-order valence-electron chi connectivity index (χ0n) is 17.2. The number of hydrogen-bond donors (Lipinski definition) is 1. The number of carbonyl (C=O) groups is 1. The number of pyridine rings is 1. The normalized spacial score (nSPS) is 11.2. The molecule has 0 radical (unpaired) electrons. The van der Waals surface area contributed by atoms with Gasteiger partial charge in [-0.15, -0.1) is 0 Å². The molecular weight excluding hydrogens is 378 g/mol. The van der Waals surface area contributed by atoms with E-state index in [1.165, 1.54) is 6.08 Å². The van der Waals surface area contributed by atoms with Crippen LogP contribution in [0.2, 0.25) is 0 Å². The monoisotopic (exact) mass is 401 g/mol. The summed E-state index contributed by atoms with van der Waals surface area (Å²) in [5.74, 6) is 1.05. The van der Waals surface area contributed by atoms with Crippen molar-refractivity contribution in [2.75, 3.05) is 19.0 Å². The molecule has 30 heavy (non-hydrogen) atoms. The molecule has 0 aliphatic carbocycles. The molecule has 0 spiro atoms. The summed E-state index contributed by atoms with van der Waals surface area (Å²) in [6.45, 7) is 4.69. The Morgan fingerprint density at radius 3 is 2.77 bits per heavy atom. The van der Waals surface area contributed by atoms with Crippen LogP contribution in [0.3, 0.4) is 0 Å². The van der Waals surface area contributed by atoms with Crippen molar-refractivity contribution in [3.05, 3.63) is 65.9 Å². The molecule has 0 aliphatic rings. The maximum atomic E-state index is 12.7. The first-order chi connectivity index (χ1) is 14.5. The van der Waals surface area contributed by atoms with Crippen LogP contribution in [0.15, 0.2) is 60.3 Å². The number of nitrogens with zero attached hydrogens (tertiary/aromatic N) is 2. The third-order valence-corrected chi connectivity index (χ3v) is 4.33. The molecule has 0 bridgehead atoms. The van der Waals surface area contributed by atoms with Crippen molar-refractivity contribution in [1.29, 1.82) is 5.26 Å². The Hall–Kier alpha value is -3.85. The minimum absolute atomic E-state index is 0.0196. The van der Waals surface area contributed by atoms with Gasteiger partial charge in [-0.05, 0) is 54.0 Å². The van der Waals surface area contributed by atoms with Crippen molar-refractivity contribution < 1.29 is 14.3 Å². The minimum atomic E-state index is -0.493. The molecule has 0 fully saturated rings. The number of nitriles is 1. The van der Waals surface area contributed by atoms with Crippen LogP contribution in [-0.2, 0) is 4.79 Å². The van der Waals surface area contributed by atoms with Gasteiger partial charge in [-0.25, -0.2) is 0 Å². The summed E-state index contributed by atoms with van der Waals surface area (Å²) >= 11 is 0. The van der Waals surface area contributed by atoms with Gasteiger partial charge in [-0.2, -0.15) is 5.26 Å². The summed E-state index contributed by atoms with van der Waals surface area (Å²) in [7, 11) is 1.55. The molecule has 3 rings (SSSR count). The van der Waals surface area contributed by atoms with E-state index in [1.54, 1.807) is 43.6 Å². The van der Waals surface area contributed by atoms with Gasteiger partial charge in [0.05, 0.1) is 24.9 Å². The fourth-order valence-corrected chi connectivity index (χ4v) is 2.87. The van der Waals surface area contributed by atoms with Gasteiger partial charge < -0.3 is 14.8 Å². The van der Waals surface area contributed by atoms with Gasteiger partial charge in [0, 0.05) is 11.6 Å². The Balaban J connectivity index is 1.84. The van der Waals surface area contributed by atoms with Crippen LogP contribution in [0.25, 0.3) is 17.0 Å². The number of hydrogen-bond acceptors (Lipinski definition) is 5. The Kier molecular flexibility index (Phi) is 6.66.